The van der Waals surface area contributed by atoms with Gasteiger partial charge in [-0.2, -0.15) is 5.10 Å². The zero-order chi connectivity index (χ0) is 20.3. The van der Waals surface area contributed by atoms with Crippen LogP contribution in [0.15, 0.2) is 93.8 Å². The minimum Gasteiger partial charge on any atom is -0.372 e. The fourth-order valence-corrected chi connectivity index (χ4v) is 4.92. The number of carbonyl (C=O) groups is 1. The van der Waals surface area contributed by atoms with Gasteiger partial charge in [-0.25, -0.2) is 5.43 Å². The van der Waals surface area contributed by atoms with Crippen molar-refractivity contribution in [2.45, 2.75) is 5.60 Å². The predicted molar refractivity (Wildman–Crippen MR) is 121 cm³/mol. The number of hydrogen-bond acceptors (Lipinski definition) is 4. The number of amides is 1. The number of aliphatic hydroxyl groups is 1. The van der Waals surface area contributed by atoms with E-state index in [1.54, 1.807) is 66.1 Å². The number of fused-ring (bicyclic) bond motifs is 1. The Morgan fingerprint density at radius 3 is 2.10 bits per heavy atom. The van der Waals surface area contributed by atoms with Crippen LogP contribution in [0.1, 0.15) is 16.7 Å². The summed E-state index contributed by atoms with van der Waals surface area (Å²) in [6.45, 7) is 0. The van der Waals surface area contributed by atoms with Gasteiger partial charge in [0.15, 0.2) is 5.60 Å². The fourth-order valence-electron chi connectivity index (χ4n) is 3.18. The summed E-state index contributed by atoms with van der Waals surface area (Å²) < 4.78 is 2.05. The summed E-state index contributed by atoms with van der Waals surface area (Å²) in [5, 5.41) is 16.6. The second kappa shape index (κ2) is 8.29. The van der Waals surface area contributed by atoms with Crippen LogP contribution in [0.4, 0.5) is 0 Å². The van der Waals surface area contributed by atoms with E-state index in [1.807, 2.05) is 36.4 Å². The predicted octanol–water partition coefficient (Wildman–Crippen LogP) is 5.05. The summed E-state index contributed by atoms with van der Waals surface area (Å²) in [5.74, 6) is -0.623. The number of benzene rings is 3. The van der Waals surface area contributed by atoms with E-state index in [9.17, 15) is 9.90 Å². The molecule has 0 aliphatic rings. The van der Waals surface area contributed by atoms with E-state index in [0.29, 0.717) is 11.1 Å². The van der Waals surface area contributed by atoms with Gasteiger partial charge in [-0.05, 0) is 33.1 Å². The van der Waals surface area contributed by atoms with Gasteiger partial charge in [-0.3, -0.25) is 4.79 Å². The zero-order valence-electron chi connectivity index (χ0n) is 15.2. The molecule has 0 aliphatic heterocycles. The highest BCUT2D eigenvalue weighted by Gasteiger charge is 2.39. The SMILES string of the molecule is O=C(N/N=C/c1c(Br)sc2ccccc12)C(O)(c1ccccc1)c1ccccc1. The van der Waals surface area contributed by atoms with E-state index in [-0.39, 0.29) is 0 Å². The van der Waals surface area contributed by atoms with Crippen LogP contribution in [-0.2, 0) is 10.4 Å². The van der Waals surface area contributed by atoms with Gasteiger partial charge in [-0.15, -0.1) is 11.3 Å². The van der Waals surface area contributed by atoms with E-state index < -0.39 is 11.5 Å². The Bertz CT molecular complexity index is 1130. The molecule has 4 rings (SSSR count). The van der Waals surface area contributed by atoms with Gasteiger partial charge in [0, 0.05) is 15.6 Å². The van der Waals surface area contributed by atoms with E-state index in [2.05, 4.69) is 26.5 Å². The van der Waals surface area contributed by atoms with E-state index in [4.69, 9.17) is 0 Å². The Kier molecular flexibility index (Phi) is 5.58. The van der Waals surface area contributed by atoms with Gasteiger partial charge >= 0.3 is 0 Å². The summed E-state index contributed by atoms with van der Waals surface area (Å²) in [5.41, 5.74) is 2.49. The monoisotopic (exact) mass is 464 g/mol. The van der Waals surface area contributed by atoms with Gasteiger partial charge in [-0.1, -0.05) is 78.9 Å². The molecular formula is C23H17BrN2O2S. The molecule has 0 spiro atoms. The fraction of sp³-hybridized carbons (Fsp3) is 0.0435. The quantitative estimate of drug-likeness (QED) is 0.320. The van der Waals surface area contributed by atoms with Crippen molar-refractivity contribution in [3.63, 3.8) is 0 Å². The number of nitrogens with one attached hydrogen (secondary N) is 1. The lowest BCUT2D eigenvalue weighted by Crippen LogP contribution is -2.43. The zero-order valence-corrected chi connectivity index (χ0v) is 17.7. The molecule has 0 aliphatic carbocycles. The highest BCUT2D eigenvalue weighted by atomic mass is 79.9. The molecule has 144 valence electrons. The van der Waals surface area contributed by atoms with E-state index >= 15 is 0 Å². The standard InChI is InChI=1S/C23H17BrN2O2S/c24-21-19(18-13-7-8-14-20(18)29-21)15-25-26-22(27)23(28,16-9-3-1-4-10-16)17-11-5-2-6-12-17/h1-15,28H,(H,26,27)/b25-15+. The molecule has 0 atom stereocenters. The topological polar surface area (TPSA) is 61.7 Å². The number of nitrogens with zero attached hydrogens (tertiary/aromatic N) is 1. The van der Waals surface area contributed by atoms with E-state index in [1.165, 1.54) is 0 Å². The number of thiophene rings is 1. The molecule has 4 aromatic rings. The van der Waals surface area contributed by atoms with Crippen LogP contribution in [0, 0.1) is 0 Å². The molecule has 4 nitrogen and oxygen atoms in total. The van der Waals surface area contributed by atoms with Crippen molar-refractivity contribution in [3.05, 3.63) is 105 Å². The average Bonchev–Trinajstić information content (AvgIpc) is 3.09. The van der Waals surface area contributed by atoms with Gasteiger partial charge in [0.05, 0.1) is 10.0 Å². The number of hydrogen-bond donors (Lipinski definition) is 2. The molecule has 29 heavy (non-hydrogen) atoms. The van der Waals surface area contributed by atoms with Crippen molar-refractivity contribution >= 4 is 49.5 Å². The molecule has 0 bridgehead atoms. The van der Waals surface area contributed by atoms with Gasteiger partial charge in [0.2, 0.25) is 0 Å². The Morgan fingerprint density at radius 1 is 0.931 bits per heavy atom. The molecule has 0 saturated heterocycles. The lowest BCUT2D eigenvalue weighted by Gasteiger charge is -2.27. The van der Waals surface area contributed by atoms with Crippen LogP contribution in [-0.4, -0.2) is 17.2 Å². The summed E-state index contributed by atoms with van der Waals surface area (Å²) in [6.07, 6.45) is 1.59. The molecule has 1 amide bonds. The lowest BCUT2D eigenvalue weighted by atomic mass is 9.85. The van der Waals surface area contributed by atoms with Crippen LogP contribution in [0.25, 0.3) is 10.1 Å². The molecule has 0 radical (unpaired) electrons. The largest absolute Gasteiger partial charge is 0.372 e. The first-order valence-corrected chi connectivity index (χ1v) is 10.6. The highest BCUT2D eigenvalue weighted by molar-refractivity contribution is 9.11. The molecule has 1 aromatic heterocycles. The third-order valence-corrected chi connectivity index (χ3v) is 6.55. The third-order valence-electron chi connectivity index (χ3n) is 4.66. The van der Waals surface area contributed by atoms with Crippen molar-refractivity contribution < 1.29 is 9.90 Å². The first-order valence-electron chi connectivity index (χ1n) is 8.94. The van der Waals surface area contributed by atoms with Crippen LogP contribution in [0.5, 0.6) is 0 Å². The van der Waals surface area contributed by atoms with Crippen molar-refractivity contribution in [2.24, 2.45) is 5.10 Å². The second-order valence-corrected chi connectivity index (χ2v) is 8.80. The molecular weight excluding hydrogens is 448 g/mol. The number of halogens is 1. The number of rotatable bonds is 5. The highest BCUT2D eigenvalue weighted by Crippen LogP contribution is 2.34. The maximum atomic E-state index is 13.1. The Morgan fingerprint density at radius 2 is 1.48 bits per heavy atom. The Hall–Kier alpha value is -2.80. The van der Waals surface area contributed by atoms with Crippen LogP contribution in [0.3, 0.4) is 0 Å². The smallest absolute Gasteiger partial charge is 0.281 e. The normalized spacial score (nSPS) is 11.8. The molecule has 1 heterocycles. The van der Waals surface area contributed by atoms with Crippen LogP contribution < -0.4 is 5.43 Å². The van der Waals surface area contributed by atoms with Gasteiger partial charge < -0.3 is 5.11 Å². The molecule has 0 fully saturated rings. The van der Waals surface area contributed by atoms with Crippen molar-refractivity contribution in [3.8, 4) is 0 Å². The van der Waals surface area contributed by atoms with Gasteiger partial charge in [0.25, 0.3) is 5.91 Å². The number of carbonyl (C=O) groups excluding carboxylic acids is 1. The number of hydrazone groups is 1. The Labute approximate surface area is 180 Å². The lowest BCUT2D eigenvalue weighted by molar-refractivity contribution is -0.136. The second-order valence-electron chi connectivity index (χ2n) is 6.43. The minimum absolute atomic E-state index is 0.473. The maximum absolute atomic E-state index is 13.1. The molecule has 3 aromatic carbocycles. The molecule has 6 heteroatoms. The van der Waals surface area contributed by atoms with Crippen LogP contribution >= 0.6 is 27.3 Å². The van der Waals surface area contributed by atoms with E-state index in [0.717, 1.165) is 19.4 Å². The average molecular weight is 465 g/mol. The summed E-state index contributed by atoms with van der Waals surface area (Å²) in [7, 11) is 0. The first-order chi connectivity index (χ1) is 14.1. The minimum atomic E-state index is -1.85. The maximum Gasteiger partial charge on any atom is 0.281 e. The van der Waals surface area contributed by atoms with Crippen molar-refractivity contribution in [2.75, 3.05) is 0 Å². The Balaban J connectivity index is 1.66. The molecule has 0 unspecified atom stereocenters. The summed E-state index contributed by atoms with van der Waals surface area (Å²) >= 11 is 5.16. The molecule has 2 N–H and O–H groups in total. The van der Waals surface area contributed by atoms with Crippen LogP contribution in [0.2, 0.25) is 0 Å². The third kappa shape index (κ3) is 3.74. The summed E-state index contributed by atoms with van der Waals surface area (Å²) in [6, 6.07) is 25.7. The van der Waals surface area contributed by atoms with Gasteiger partial charge in [0.1, 0.15) is 0 Å². The molecule has 0 saturated carbocycles. The van der Waals surface area contributed by atoms with Crippen molar-refractivity contribution in [1.29, 1.82) is 0 Å². The van der Waals surface area contributed by atoms with Crippen molar-refractivity contribution in [1.82, 2.24) is 5.43 Å². The first kappa shape index (κ1) is 19.5. The summed E-state index contributed by atoms with van der Waals surface area (Å²) in [4.78, 5) is 13.1.